The number of anilines is 1. The number of halogens is 1. The Hall–Kier alpha value is -1.88. The first-order valence-corrected chi connectivity index (χ1v) is 7.56. The Bertz CT molecular complexity index is 626. The van der Waals surface area contributed by atoms with Gasteiger partial charge in [-0.1, -0.05) is 17.7 Å². The molecule has 4 nitrogen and oxygen atoms in total. The smallest absolute Gasteiger partial charge is 0.251 e. The number of aromatic nitrogens is 1. The molecule has 0 aliphatic rings. The van der Waals surface area contributed by atoms with E-state index in [4.69, 9.17) is 0 Å². The first-order chi connectivity index (χ1) is 10.1. The Morgan fingerprint density at radius 2 is 1.90 bits per heavy atom. The highest BCUT2D eigenvalue weighted by Gasteiger charge is 2.04. The van der Waals surface area contributed by atoms with E-state index in [1.165, 1.54) is 0 Å². The van der Waals surface area contributed by atoms with Crippen LogP contribution in [0.5, 0.6) is 0 Å². The van der Waals surface area contributed by atoms with Gasteiger partial charge in [0.1, 0.15) is 5.82 Å². The largest absolute Gasteiger partial charge is 0.368 e. The summed E-state index contributed by atoms with van der Waals surface area (Å²) in [5, 5.41) is 6.06. The molecule has 0 unspecified atom stereocenters. The summed E-state index contributed by atoms with van der Waals surface area (Å²) in [7, 11) is 0. The summed E-state index contributed by atoms with van der Waals surface area (Å²) >= 11 is 3.41. The van der Waals surface area contributed by atoms with Crippen LogP contribution in [0.1, 0.15) is 21.5 Å². The first kappa shape index (κ1) is 15.5. The highest BCUT2D eigenvalue weighted by atomic mass is 79.9. The number of carbonyl (C=O) groups excluding carboxylic acids is 1. The van der Waals surface area contributed by atoms with E-state index in [2.05, 4.69) is 31.5 Å². The quantitative estimate of drug-likeness (QED) is 0.816. The third-order valence-corrected chi connectivity index (χ3v) is 3.91. The minimum atomic E-state index is -0.0586. The lowest BCUT2D eigenvalue weighted by molar-refractivity contribution is 0.0955. The monoisotopic (exact) mass is 347 g/mol. The van der Waals surface area contributed by atoms with Crippen molar-refractivity contribution in [2.45, 2.75) is 13.8 Å². The molecule has 1 amide bonds. The predicted molar refractivity (Wildman–Crippen MR) is 88.7 cm³/mol. The van der Waals surface area contributed by atoms with Crippen LogP contribution in [0.4, 0.5) is 5.82 Å². The summed E-state index contributed by atoms with van der Waals surface area (Å²) in [6.07, 6.45) is 1.77. The maximum atomic E-state index is 11.9. The van der Waals surface area contributed by atoms with E-state index in [0.29, 0.717) is 18.7 Å². The summed E-state index contributed by atoms with van der Waals surface area (Å²) in [5.41, 5.74) is 2.94. The molecule has 5 heteroatoms. The van der Waals surface area contributed by atoms with Gasteiger partial charge in [-0.05, 0) is 53.5 Å². The van der Waals surface area contributed by atoms with Crippen LogP contribution < -0.4 is 10.6 Å². The molecular weight excluding hydrogens is 330 g/mol. The van der Waals surface area contributed by atoms with Crippen LogP contribution in [-0.4, -0.2) is 24.0 Å². The van der Waals surface area contributed by atoms with Crippen molar-refractivity contribution in [2.75, 3.05) is 18.4 Å². The Labute approximate surface area is 133 Å². The average molecular weight is 348 g/mol. The topological polar surface area (TPSA) is 54.0 Å². The van der Waals surface area contributed by atoms with Crippen molar-refractivity contribution in [3.8, 4) is 0 Å². The molecule has 1 heterocycles. The number of nitrogens with one attached hydrogen (secondary N) is 2. The van der Waals surface area contributed by atoms with Crippen LogP contribution in [0.3, 0.4) is 0 Å². The molecule has 110 valence electrons. The van der Waals surface area contributed by atoms with Gasteiger partial charge in [0.15, 0.2) is 0 Å². The molecule has 0 bridgehead atoms. The Balaban J connectivity index is 1.77. The van der Waals surface area contributed by atoms with Crippen LogP contribution in [0.15, 0.2) is 41.0 Å². The molecule has 0 aliphatic heterocycles. The third kappa shape index (κ3) is 4.56. The fraction of sp³-hybridized carbons (Fsp3) is 0.250. The molecule has 2 aromatic rings. The second-order valence-corrected chi connectivity index (χ2v) is 5.72. The molecule has 0 saturated carbocycles. The van der Waals surface area contributed by atoms with Gasteiger partial charge in [-0.3, -0.25) is 4.79 Å². The molecule has 2 rings (SSSR count). The zero-order valence-electron chi connectivity index (χ0n) is 12.1. The molecule has 1 aromatic heterocycles. The molecule has 21 heavy (non-hydrogen) atoms. The van der Waals surface area contributed by atoms with Crippen molar-refractivity contribution in [3.05, 3.63) is 57.7 Å². The highest BCUT2D eigenvalue weighted by molar-refractivity contribution is 9.10. The van der Waals surface area contributed by atoms with Crippen molar-refractivity contribution in [2.24, 2.45) is 0 Å². The first-order valence-electron chi connectivity index (χ1n) is 6.77. The second kappa shape index (κ2) is 7.22. The number of aryl methyl sites for hydroxylation is 2. The number of carbonyl (C=O) groups is 1. The zero-order valence-corrected chi connectivity index (χ0v) is 13.7. The number of nitrogens with zero attached hydrogens (tertiary/aromatic N) is 1. The molecule has 1 aromatic carbocycles. The van der Waals surface area contributed by atoms with Crippen molar-refractivity contribution in [3.63, 3.8) is 0 Å². The minimum absolute atomic E-state index is 0.0586. The molecule has 0 atom stereocenters. The zero-order chi connectivity index (χ0) is 15.2. The summed E-state index contributed by atoms with van der Waals surface area (Å²) in [6, 6.07) is 9.49. The van der Waals surface area contributed by atoms with Gasteiger partial charge in [-0.15, -0.1) is 0 Å². The van der Waals surface area contributed by atoms with Gasteiger partial charge in [0, 0.05) is 29.3 Å². The van der Waals surface area contributed by atoms with Gasteiger partial charge in [0.2, 0.25) is 0 Å². The van der Waals surface area contributed by atoms with E-state index >= 15 is 0 Å². The number of hydrogen-bond donors (Lipinski definition) is 2. The number of benzene rings is 1. The van der Waals surface area contributed by atoms with E-state index in [1.807, 2.05) is 44.2 Å². The van der Waals surface area contributed by atoms with Crippen LogP contribution >= 0.6 is 15.9 Å². The van der Waals surface area contributed by atoms with Crippen molar-refractivity contribution >= 4 is 27.7 Å². The van der Waals surface area contributed by atoms with Crippen LogP contribution in [-0.2, 0) is 0 Å². The fourth-order valence-corrected chi connectivity index (χ4v) is 2.03. The van der Waals surface area contributed by atoms with Gasteiger partial charge in [0.25, 0.3) is 5.91 Å². The van der Waals surface area contributed by atoms with Crippen LogP contribution in [0.2, 0.25) is 0 Å². The van der Waals surface area contributed by atoms with Gasteiger partial charge in [-0.25, -0.2) is 4.98 Å². The maximum absolute atomic E-state index is 11.9. The third-order valence-electron chi connectivity index (χ3n) is 3.08. The number of rotatable bonds is 5. The van der Waals surface area contributed by atoms with E-state index in [0.717, 1.165) is 21.4 Å². The highest BCUT2D eigenvalue weighted by Crippen LogP contribution is 2.16. The molecule has 0 spiro atoms. The summed E-state index contributed by atoms with van der Waals surface area (Å²) in [6.45, 7) is 5.18. The SMILES string of the molecule is Cc1ccc(C(=O)NCCNc2cc(C)c(Br)cn2)cc1. The van der Waals surface area contributed by atoms with Crippen LogP contribution in [0, 0.1) is 13.8 Å². The normalized spacial score (nSPS) is 10.2. The van der Waals surface area contributed by atoms with Gasteiger partial charge < -0.3 is 10.6 Å². The standard InChI is InChI=1S/C16H18BrN3O/c1-11-3-5-13(6-4-11)16(21)19-8-7-18-15-9-12(2)14(17)10-20-15/h3-6,9-10H,7-8H2,1-2H3,(H,18,20)(H,19,21). The fourth-order valence-electron chi connectivity index (χ4n) is 1.81. The minimum Gasteiger partial charge on any atom is -0.368 e. The van der Waals surface area contributed by atoms with E-state index in [1.54, 1.807) is 6.20 Å². The molecular formula is C16H18BrN3O. The van der Waals surface area contributed by atoms with Gasteiger partial charge in [0.05, 0.1) is 0 Å². The Morgan fingerprint density at radius 3 is 2.57 bits per heavy atom. The van der Waals surface area contributed by atoms with E-state index < -0.39 is 0 Å². The van der Waals surface area contributed by atoms with Crippen molar-refractivity contribution in [1.82, 2.24) is 10.3 Å². The lowest BCUT2D eigenvalue weighted by atomic mass is 10.1. The molecule has 0 radical (unpaired) electrons. The summed E-state index contributed by atoms with van der Waals surface area (Å²) < 4.78 is 0.987. The summed E-state index contributed by atoms with van der Waals surface area (Å²) in [5.74, 6) is 0.747. The maximum Gasteiger partial charge on any atom is 0.251 e. The molecule has 0 aliphatic carbocycles. The Kier molecular flexibility index (Phi) is 5.33. The molecule has 0 fully saturated rings. The number of amides is 1. The van der Waals surface area contributed by atoms with E-state index in [9.17, 15) is 4.79 Å². The lowest BCUT2D eigenvalue weighted by Gasteiger charge is -2.08. The van der Waals surface area contributed by atoms with Crippen molar-refractivity contribution in [1.29, 1.82) is 0 Å². The summed E-state index contributed by atoms with van der Waals surface area (Å²) in [4.78, 5) is 16.2. The second-order valence-electron chi connectivity index (χ2n) is 4.87. The average Bonchev–Trinajstić information content (AvgIpc) is 2.47. The molecule has 0 saturated heterocycles. The van der Waals surface area contributed by atoms with Crippen LogP contribution in [0.25, 0.3) is 0 Å². The molecule has 2 N–H and O–H groups in total. The van der Waals surface area contributed by atoms with Crippen molar-refractivity contribution < 1.29 is 4.79 Å². The lowest BCUT2D eigenvalue weighted by Crippen LogP contribution is -2.28. The predicted octanol–water partition coefficient (Wildman–Crippen LogP) is 3.30. The van der Waals surface area contributed by atoms with E-state index in [-0.39, 0.29) is 5.91 Å². The van der Waals surface area contributed by atoms with Gasteiger partial charge in [-0.2, -0.15) is 0 Å². The number of pyridine rings is 1. The van der Waals surface area contributed by atoms with Gasteiger partial charge >= 0.3 is 0 Å². The Morgan fingerprint density at radius 1 is 1.19 bits per heavy atom. The number of hydrogen-bond acceptors (Lipinski definition) is 3.